The summed E-state index contributed by atoms with van der Waals surface area (Å²) < 4.78 is 11.6. The second-order valence-corrected chi connectivity index (χ2v) is 7.73. The molecule has 2 aromatic heterocycles. The molecule has 0 saturated heterocycles. The maximum absolute atomic E-state index is 12.3. The van der Waals surface area contributed by atoms with Crippen molar-refractivity contribution < 1.29 is 28.8 Å². The highest BCUT2D eigenvalue weighted by atomic mass is 32.1. The molecule has 0 bridgehead atoms. The van der Waals surface area contributed by atoms with Gasteiger partial charge in [-0.05, 0) is 36.9 Å². The van der Waals surface area contributed by atoms with Crippen LogP contribution in [0.25, 0.3) is 5.69 Å². The number of rotatable bonds is 10. The first-order chi connectivity index (χ1) is 16.4. The van der Waals surface area contributed by atoms with E-state index >= 15 is 0 Å². The zero-order valence-electron chi connectivity index (χ0n) is 18.1. The maximum atomic E-state index is 12.3. The maximum Gasteiger partial charge on any atom is 0.362 e. The van der Waals surface area contributed by atoms with Crippen molar-refractivity contribution in [1.29, 1.82) is 0 Å². The van der Waals surface area contributed by atoms with E-state index in [1.807, 2.05) is 17.5 Å². The lowest BCUT2D eigenvalue weighted by Gasteiger charge is -2.07. The summed E-state index contributed by atoms with van der Waals surface area (Å²) in [6.07, 6.45) is 1.97. The molecule has 34 heavy (non-hydrogen) atoms. The number of carbonyl (C=O) groups is 3. The Morgan fingerprint density at radius 2 is 1.97 bits per heavy atom. The number of urea groups is 1. The first-order valence-electron chi connectivity index (χ1n) is 10.1. The van der Waals surface area contributed by atoms with Crippen LogP contribution in [0.1, 0.15) is 22.3 Å². The number of ether oxygens (including phenoxy) is 2. The van der Waals surface area contributed by atoms with E-state index < -0.39 is 29.4 Å². The molecule has 3 amide bonds. The highest BCUT2D eigenvalue weighted by Gasteiger charge is 2.21. The molecule has 2 heterocycles. The Morgan fingerprint density at radius 1 is 1.21 bits per heavy atom. The lowest BCUT2D eigenvalue weighted by Crippen LogP contribution is -2.42. The predicted molar refractivity (Wildman–Crippen MR) is 121 cm³/mol. The Balaban J connectivity index is 1.61. The number of nitro benzene ring substituents is 1. The minimum Gasteiger partial charge on any atom is -0.480 e. The van der Waals surface area contributed by atoms with Gasteiger partial charge in [0.2, 0.25) is 5.69 Å². The molecule has 12 nitrogen and oxygen atoms in total. The van der Waals surface area contributed by atoms with E-state index in [1.165, 1.54) is 35.1 Å². The van der Waals surface area contributed by atoms with E-state index in [4.69, 9.17) is 9.47 Å². The average molecular weight is 487 g/mol. The van der Waals surface area contributed by atoms with Gasteiger partial charge in [0.05, 0.1) is 23.4 Å². The van der Waals surface area contributed by atoms with Gasteiger partial charge < -0.3 is 14.8 Å². The third kappa shape index (κ3) is 6.62. The molecular weight excluding hydrogens is 466 g/mol. The van der Waals surface area contributed by atoms with Crippen LogP contribution in [0.5, 0.6) is 5.75 Å². The van der Waals surface area contributed by atoms with Crippen LogP contribution in [0.3, 0.4) is 0 Å². The van der Waals surface area contributed by atoms with Gasteiger partial charge in [-0.3, -0.25) is 20.2 Å². The topological polar surface area (TPSA) is 155 Å². The third-order valence-electron chi connectivity index (χ3n) is 4.32. The number of amides is 3. The van der Waals surface area contributed by atoms with Crippen molar-refractivity contribution >= 4 is 34.9 Å². The molecule has 0 atom stereocenters. The second-order valence-electron chi connectivity index (χ2n) is 6.70. The lowest BCUT2D eigenvalue weighted by atomic mass is 10.3. The van der Waals surface area contributed by atoms with Gasteiger partial charge in [0.25, 0.3) is 11.6 Å². The number of non-ortho nitro benzene ring substituents is 1. The summed E-state index contributed by atoms with van der Waals surface area (Å²) in [4.78, 5) is 47.7. The van der Waals surface area contributed by atoms with Gasteiger partial charge in [0, 0.05) is 23.6 Å². The number of thiophene rings is 1. The molecular formula is C21H21N5O7S. The summed E-state index contributed by atoms with van der Waals surface area (Å²) in [7, 11) is 0. The Kier molecular flexibility index (Phi) is 8.29. The molecule has 3 rings (SSSR count). The van der Waals surface area contributed by atoms with Crippen molar-refractivity contribution in [2.45, 2.75) is 13.3 Å². The summed E-state index contributed by atoms with van der Waals surface area (Å²) in [6, 6.07) is 8.64. The number of benzene rings is 1. The summed E-state index contributed by atoms with van der Waals surface area (Å²) in [5, 5.41) is 21.6. The van der Waals surface area contributed by atoms with Crippen molar-refractivity contribution in [3.8, 4) is 11.4 Å². The number of nitrogens with zero attached hydrogens (tertiary/aromatic N) is 3. The number of hydrogen-bond donors (Lipinski definition) is 2. The van der Waals surface area contributed by atoms with Gasteiger partial charge in [-0.1, -0.05) is 6.07 Å². The van der Waals surface area contributed by atoms with Crippen LogP contribution in [-0.2, 0) is 16.0 Å². The van der Waals surface area contributed by atoms with E-state index in [9.17, 15) is 24.5 Å². The average Bonchev–Trinajstić information content (AvgIpc) is 3.48. The van der Waals surface area contributed by atoms with Crippen molar-refractivity contribution in [2.75, 3.05) is 19.8 Å². The van der Waals surface area contributed by atoms with Crippen LogP contribution in [0.15, 0.2) is 48.0 Å². The van der Waals surface area contributed by atoms with Crippen LogP contribution >= 0.6 is 11.3 Å². The number of nitro groups is 1. The number of hydrogen-bond acceptors (Lipinski definition) is 9. The normalized spacial score (nSPS) is 10.4. The van der Waals surface area contributed by atoms with Crippen LogP contribution in [0.2, 0.25) is 0 Å². The van der Waals surface area contributed by atoms with E-state index in [0.29, 0.717) is 18.7 Å². The molecule has 0 saturated carbocycles. The lowest BCUT2D eigenvalue weighted by molar-refractivity contribution is -0.384. The summed E-state index contributed by atoms with van der Waals surface area (Å²) in [5.41, 5.74) is 0.123. The van der Waals surface area contributed by atoms with Crippen molar-refractivity contribution in [3.63, 3.8) is 0 Å². The first-order valence-corrected chi connectivity index (χ1v) is 11.0. The number of carbonyl (C=O) groups excluding carboxylic acids is 3. The van der Waals surface area contributed by atoms with Crippen molar-refractivity contribution in [2.24, 2.45) is 0 Å². The fourth-order valence-corrected chi connectivity index (χ4v) is 3.48. The summed E-state index contributed by atoms with van der Waals surface area (Å²) in [5.74, 6) is -1.55. The smallest absolute Gasteiger partial charge is 0.362 e. The largest absolute Gasteiger partial charge is 0.480 e. The highest BCUT2D eigenvalue weighted by molar-refractivity contribution is 7.09. The van der Waals surface area contributed by atoms with Gasteiger partial charge >= 0.3 is 12.0 Å². The molecule has 3 aromatic rings. The highest BCUT2D eigenvalue weighted by Crippen LogP contribution is 2.22. The van der Waals surface area contributed by atoms with Gasteiger partial charge in [-0.25, -0.2) is 14.3 Å². The van der Waals surface area contributed by atoms with Crippen LogP contribution < -0.4 is 15.4 Å². The Morgan fingerprint density at radius 3 is 2.62 bits per heavy atom. The molecule has 0 fully saturated rings. The van der Waals surface area contributed by atoms with Gasteiger partial charge in [0.15, 0.2) is 12.4 Å². The molecule has 0 aliphatic heterocycles. The third-order valence-corrected chi connectivity index (χ3v) is 5.26. The quantitative estimate of drug-likeness (QED) is 0.251. The number of nitrogens with one attached hydrogen (secondary N) is 2. The molecule has 0 spiro atoms. The number of imide groups is 1. The molecule has 2 N–H and O–H groups in total. The fourth-order valence-electron chi connectivity index (χ4n) is 2.77. The minimum atomic E-state index is -0.773. The van der Waals surface area contributed by atoms with E-state index in [1.54, 1.807) is 18.3 Å². The standard InChI is InChI=1S/C21H21N5O7S/c1-2-32-20(28)19-17(12-25(24-19)14-5-7-15(8-6-14)26(30)31)33-13-18(27)23-21(29)22-10-9-16-4-3-11-34-16/h3-8,11-12H,2,9-10,13H2,1H3,(H2,22,23,27,29). The number of aromatic nitrogens is 2. The Hall–Kier alpha value is -4.26. The SMILES string of the molecule is CCOC(=O)c1nn(-c2ccc([N+](=O)[O-])cc2)cc1OCC(=O)NC(=O)NCCc1cccs1. The van der Waals surface area contributed by atoms with Crippen LogP contribution in [0.4, 0.5) is 10.5 Å². The first kappa shape index (κ1) is 24.4. The van der Waals surface area contributed by atoms with E-state index in [0.717, 1.165) is 4.88 Å². The van der Waals surface area contributed by atoms with Gasteiger partial charge in [0.1, 0.15) is 0 Å². The van der Waals surface area contributed by atoms with Gasteiger partial charge in [-0.15, -0.1) is 11.3 Å². The summed E-state index contributed by atoms with van der Waals surface area (Å²) in [6.45, 7) is 1.51. The Bertz CT molecular complexity index is 1160. The molecule has 13 heteroatoms. The zero-order valence-corrected chi connectivity index (χ0v) is 18.9. The molecule has 0 radical (unpaired) electrons. The molecule has 0 unspecified atom stereocenters. The summed E-state index contributed by atoms with van der Waals surface area (Å²) >= 11 is 1.57. The van der Waals surface area contributed by atoms with E-state index in [-0.39, 0.29) is 23.7 Å². The Labute approximate surface area is 197 Å². The predicted octanol–water partition coefficient (Wildman–Crippen LogP) is 2.47. The van der Waals surface area contributed by atoms with E-state index in [2.05, 4.69) is 15.7 Å². The molecule has 178 valence electrons. The van der Waals surface area contributed by atoms with Gasteiger partial charge in [-0.2, -0.15) is 5.10 Å². The van der Waals surface area contributed by atoms with Crippen molar-refractivity contribution in [3.05, 3.63) is 68.7 Å². The zero-order chi connectivity index (χ0) is 24.5. The monoisotopic (exact) mass is 487 g/mol. The minimum absolute atomic E-state index is 0.0509. The van der Waals surface area contributed by atoms with Crippen LogP contribution in [0, 0.1) is 10.1 Å². The second kappa shape index (κ2) is 11.6. The van der Waals surface area contributed by atoms with Crippen molar-refractivity contribution in [1.82, 2.24) is 20.4 Å². The van der Waals surface area contributed by atoms with Crippen LogP contribution in [-0.4, -0.2) is 52.4 Å². The molecule has 0 aliphatic rings. The number of esters is 1. The fraction of sp³-hybridized carbons (Fsp3) is 0.238. The molecule has 1 aromatic carbocycles. The molecule has 0 aliphatic carbocycles.